The molecule has 0 radical (unpaired) electrons. The van der Waals surface area contributed by atoms with Crippen molar-refractivity contribution in [2.24, 2.45) is 0 Å². The van der Waals surface area contributed by atoms with Gasteiger partial charge in [0.2, 0.25) is 0 Å². The Morgan fingerprint density at radius 1 is 1.12 bits per heavy atom. The Morgan fingerprint density at radius 3 is 2.45 bits per heavy atom. The second kappa shape index (κ2) is 9.08. The lowest BCUT2D eigenvalue weighted by atomic mass is 9.95. The van der Waals surface area contributed by atoms with Crippen molar-refractivity contribution < 1.29 is 19.4 Å². The lowest BCUT2D eigenvalue weighted by molar-refractivity contribution is -0.132. The number of aliphatic hydroxyl groups excluding tert-OH is 1. The van der Waals surface area contributed by atoms with E-state index in [0.717, 1.165) is 5.56 Å². The average Bonchev–Trinajstić information content (AvgIpc) is 3.06. The molecule has 1 aromatic heterocycles. The highest BCUT2D eigenvalue weighted by atomic mass is 35.5. The van der Waals surface area contributed by atoms with Gasteiger partial charge in [0.1, 0.15) is 11.5 Å². The van der Waals surface area contributed by atoms with E-state index in [1.54, 1.807) is 67.0 Å². The minimum atomic E-state index is -0.841. The molecule has 1 N–H and O–H groups in total. The van der Waals surface area contributed by atoms with E-state index in [4.69, 9.17) is 16.3 Å². The highest BCUT2D eigenvalue weighted by Crippen LogP contribution is 2.42. The monoisotopic (exact) mass is 462 g/mol. The first-order chi connectivity index (χ1) is 15.8. The van der Waals surface area contributed by atoms with Crippen LogP contribution in [0.3, 0.4) is 0 Å². The molecule has 1 fully saturated rings. The quantitative estimate of drug-likeness (QED) is 0.309. The van der Waals surface area contributed by atoms with Crippen molar-refractivity contribution in [1.82, 2.24) is 4.98 Å². The molecule has 7 heteroatoms. The third-order valence-electron chi connectivity index (χ3n) is 5.36. The van der Waals surface area contributed by atoms with E-state index in [1.807, 2.05) is 20.8 Å². The first kappa shape index (κ1) is 22.6. The number of ketones is 1. The number of nitrogens with zero attached hydrogens (tertiary/aromatic N) is 2. The summed E-state index contributed by atoms with van der Waals surface area (Å²) >= 11 is 6.01. The number of hydrogen-bond acceptors (Lipinski definition) is 5. The van der Waals surface area contributed by atoms with Gasteiger partial charge in [-0.3, -0.25) is 19.5 Å². The summed E-state index contributed by atoms with van der Waals surface area (Å²) in [4.78, 5) is 31.8. The van der Waals surface area contributed by atoms with Gasteiger partial charge < -0.3 is 9.84 Å². The molecule has 1 saturated heterocycles. The second-order valence-electron chi connectivity index (χ2n) is 8.08. The van der Waals surface area contributed by atoms with Crippen LogP contribution in [0.15, 0.2) is 72.6 Å². The molecule has 3 aromatic rings. The predicted molar refractivity (Wildman–Crippen MR) is 127 cm³/mol. The Morgan fingerprint density at radius 2 is 1.85 bits per heavy atom. The fraction of sp³-hybridized carbons (Fsp3) is 0.192. The summed E-state index contributed by atoms with van der Waals surface area (Å²) in [5.41, 5.74) is 2.32. The van der Waals surface area contributed by atoms with Crippen molar-refractivity contribution in [3.8, 4) is 5.75 Å². The van der Waals surface area contributed by atoms with Crippen LogP contribution in [0.1, 0.15) is 36.6 Å². The van der Waals surface area contributed by atoms with Crippen molar-refractivity contribution in [1.29, 1.82) is 0 Å². The summed E-state index contributed by atoms with van der Waals surface area (Å²) in [7, 11) is 0. The summed E-state index contributed by atoms with van der Waals surface area (Å²) in [6.07, 6.45) is 3.19. The fourth-order valence-electron chi connectivity index (χ4n) is 3.89. The van der Waals surface area contributed by atoms with E-state index in [2.05, 4.69) is 4.98 Å². The Balaban J connectivity index is 1.87. The van der Waals surface area contributed by atoms with Gasteiger partial charge in [-0.2, -0.15) is 0 Å². The Bertz CT molecular complexity index is 1240. The zero-order valence-electron chi connectivity index (χ0n) is 18.4. The number of rotatable bonds is 5. The number of aliphatic hydroxyl groups is 1. The summed E-state index contributed by atoms with van der Waals surface area (Å²) in [5.74, 6) is -1.06. The van der Waals surface area contributed by atoms with Gasteiger partial charge in [0.05, 0.1) is 17.7 Å². The average molecular weight is 463 g/mol. The van der Waals surface area contributed by atoms with Crippen LogP contribution in [0.25, 0.3) is 5.76 Å². The number of halogens is 1. The normalized spacial score (nSPS) is 17.6. The number of aryl methyl sites for hydroxylation is 1. The van der Waals surface area contributed by atoms with Crippen LogP contribution in [0, 0.1) is 6.92 Å². The lowest BCUT2D eigenvalue weighted by Gasteiger charge is -2.25. The molecule has 0 bridgehead atoms. The molecule has 4 rings (SSSR count). The van der Waals surface area contributed by atoms with Crippen molar-refractivity contribution in [3.63, 3.8) is 0 Å². The highest BCUT2D eigenvalue weighted by Gasteiger charge is 2.47. The smallest absolute Gasteiger partial charge is 0.300 e. The number of amides is 1. The van der Waals surface area contributed by atoms with Crippen LogP contribution >= 0.6 is 11.6 Å². The molecule has 1 amide bonds. The molecular formula is C26H23ClN2O4. The van der Waals surface area contributed by atoms with Gasteiger partial charge in [-0.1, -0.05) is 17.7 Å². The molecule has 1 aliphatic rings. The molecule has 168 valence electrons. The van der Waals surface area contributed by atoms with Crippen molar-refractivity contribution in [2.75, 3.05) is 4.90 Å². The van der Waals surface area contributed by atoms with E-state index >= 15 is 0 Å². The largest absolute Gasteiger partial charge is 0.507 e. The summed E-state index contributed by atoms with van der Waals surface area (Å²) < 4.78 is 5.77. The maximum Gasteiger partial charge on any atom is 0.300 e. The molecule has 2 aromatic carbocycles. The number of pyridine rings is 1. The molecule has 33 heavy (non-hydrogen) atoms. The fourth-order valence-corrected chi connectivity index (χ4v) is 4.02. The van der Waals surface area contributed by atoms with Crippen LogP contribution < -0.4 is 9.64 Å². The first-order valence-electron chi connectivity index (χ1n) is 10.5. The van der Waals surface area contributed by atoms with Gasteiger partial charge in [-0.25, -0.2) is 0 Å². The number of anilines is 1. The van der Waals surface area contributed by atoms with Gasteiger partial charge in [0, 0.05) is 28.7 Å². The number of aromatic nitrogens is 1. The second-order valence-corrected chi connectivity index (χ2v) is 8.52. The third kappa shape index (κ3) is 4.34. The maximum absolute atomic E-state index is 13.2. The Labute approximate surface area is 197 Å². The molecule has 0 spiro atoms. The van der Waals surface area contributed by atoms with E-state index < -0.39 is 17.7 Å². The molecule has 0 aliphatic carbocycles. The highest BCUT2D eigenvalue weighted by molar-refractivity contribution is 6.51. The zero-order chi connectivity index (χ0) is 23.7. The lowest BCUT2D eigenvalue weighted by Crippen LogP contribution is -2.29. The molecule has 6 nitrogen and oxygen atoms in total. The van der Waals surface area contributed by atoms with Gasteiger partial charge in [-0.05, 0) is 80.4 Å². The topological polar surface area (TPSA) is 79.7 Å². The van der Waals surface area contributed by atoms with Crippen LogP contribution in [-0.2, 0) is 9.59 Å². The molecule has 2 heterocycles. The van der Waals surface area contributed by atoms with E-state index in [0.29, 0.717) is 27.6 Å². The van der Waals surface area contributed by atoms with Crippen LogP contribution in [0.5, 0.6) is 5.75 Å². The van der Waals surface area contributed by atoms with Gasteiger partial charge in [-0.15, -0.1) is 0 Å². The molecule has 1 atom stereocenters. The first-order valence-corrected chi connectivity index (χ1v) is 10.9. The Kier molecular flexibility index (Phi) is 6.20. The van der Waals surface area contributed by atoms with Crippen molar-refractivity contribution in [2.45, 2.75) is 32.9 Å². The van der Waals surface area contributed by atoms with Crippen LogP contribution in [0.2, 0.25) is 5.02 Å². The van der Waals surface area contributed by atoms with Crippen LogP contribution in [0.4, 0.5) is 5.69 Å². The van der Waals surface area contributed by atoms with Gasteiger partial charge in [0.15, 0.2) is 0 Å². The number of Topliss-reactive ketones (excluding diaryl/α,β-unsaturated/α-hetero) is 1. The summed E-state index contributed by atoms with van der Waals surface area (Å²) in [5, 5.41) is 11.8. The van der Waals surface area contributed by atoms with Crippen molar-refractivity contribution >= 4 is 34.7 Å². The number of hydrogen-bond donors (Lipinski definition) is 1. The van der Waals surface area contributed by atoms with Gasteiger partial charge in [0.25, 0.3) is 11.7 Å². The maximum atomic E-state index is 13.2. The SMILES string of the molecule is Cc1cc(/C(O)=C2/C(=O)C(=O)N(c3ccc(Cl)cc3)C2c2cccnc2)ccc1OC(C)C. The minimum absolute atomic E-state index is 0.000113. The van der Waals surface area contributed by atoms with E-state index in [9.17, 15) is 14.7 Å². The molecule has 1 unspecified atom stereocenters. The minimum Gasteiger partial charge on any atom is -0.507 e. The third-order valence-corrected chi connectivity index (χ3v) is 5.61. The van der Waals surface area contributed by atoms with E-state index in [-0.39, 0.29) is 17.4 Å². The van der Waals surface area contributed by atoms with Gasteiger partial charge >= 0.3 is 0 Å². The summed E-state index contributed by atoms with van der Waals surface area (Å²) in [6.45, 7) is 5.72. The van der Waals surface area contributed by atoms with Crippen LogP contribution in [-0.4, -0.2) is 27.9 Å². The zero-order valence-corrected chi connectivity index (χ0v) is 19.2. The predicted octanol–water partition coefficient (Wildman–Crippen LogP) is 5.46. The number of carbonyl (C=O) groups is 2. The van der Waals surface area contributed by atoms with Crippen molar-refractivity contribution in [3.05, 3.63) is 94.3 Å². The van der Waals surface area contributed by atoms with E-state index in [1.165, 1.54) is 4.90 Å². The number of ether oxygens (including phenoxy) is 1. The molecular weight excluding hydrogens is 440 g/mol. The standard InChI is InChI=1S/C26H23ClN2O4/c1-15(2)33-21-11-6-17(13-16(21)3)24(30)22-23(18-5-4-12-28-14-18)29(26(32)25(22)31)20-9-7-19(27)8-10-20/h4-15,23,30H,1-3H3/b24-22-. The summed E-state index contributed by atoms with van der Waals surface area (Å²) in [6, 6.07) is 14.4. The number of benzene rings is 2. The molecule has 1 aliphatic heterocycles. The number of carbonyl (C=O) groups excluding carboxylic acids is 2. The molecule has 0 saturated carbocycles. The Hall–Kier alpha value is -3.64.